The molecule has 0 fully saturated rings. The Morgan fingerprint density at radius 3 is 2.02 bits per heavy atom. The lowest BCUT2D eigenvalue weighted by Gasteiger charge is -2.28. The van der Waals surface area contributed by atoms with Gasteiger partial charge in [-0.25, -0.2) is 19.0 Å². The van der Waals surface area contributed by atoms with E-state index >= 15 is 0 Å². The molecule has 3 aromatic rings. The number of benzene rings is 1. The van der Waals surface area contributed by atoms with Crippen molar-refractivity contribution < 1.29 is 51.6 Å². The van der Waals surface area contributed by atoms with E-state index in [1.165, 1.54) is 11.8 Å². The summed E-state index contributed by atoms with van der Waals surface area (Å²) in [6.45, 7) is 8.25. The molecule has 0 amide bonds. The molecule has 1 aromatic carbocycles. The number of carbonyl (C=O) groups is 2. The summed E-state index contributed by atoms with van der Waals surface area (Å²) in [5.41, 5.74) is 6.27. The minimum Gasteiger partial charge on any atom is -0.497 e. The number of nitrogen functional groups attached to an aromatic ring is 1. The predicted octanol–water partition coefficient (Wildman–Crippen LogP) is 4.81. The molecule has 0 saturated carbocycles. The average Bonchev–Trinajstić information content (AvgIpc) is 3.39. The third kappa shape index (κ3) is 13.0. The Hall–Kier alpha value is -3.31. The highest BCUT2D eigenvalue weighted by Crippen LogP contribution is 2.51. The van der Waals surface area contributed by atoms with Crippen molar-refractivity contribution in [3.63, 3.8) is 0 Å². The number of hydrogen-bond donors (Lipinski definition) is 1. The van der Waals surface area contributed by atoms with Gasteiger partial charge in [0.15, 0.2) is 5.65 Å². The van der Waals surface area contributed by atoms with E-state index in [2.05, 4.69) is 15.0 Å². The molecule has 16 nitrogen and oxygen atoms in total. The molecule has 18 heteroatoms. The van der Waals surface area contributed by atoms with Gasteiger partial charge in [0.2, 0.25) is 5.95 Å². The Morgan fingerprint density at radius 1 is 0.936 bits per heavy atom. The second-order valence-corrected chi connectivity index (χ2v) is 15.4. The van der Waals surface area contributed by atoms with Crippen molar-refractivity contribution >= 4 is 49.4 Å². The van der Waals surface area contributed by atoms with Crippen LogP contribution in [0.25, 0.3) is 11.2 Å². The number of rotatable bonds is 20. The fraction of sp³-hybridized carbons (Fsp3) is 0.552. The Kier molecular flexibility index (Phi) is 14.0. The van der Waals surface area contributed by atoms with Gasteiger partial charge in [0.25, 0.3) is 12.9 Å². The van der Waals surface area contributed by atoms with Gasteiger partial charge in [-0.05, 0) is 35.1 Å². The maximum atomic E-state index is 13.9. The Bertz CT molecular complexity index is 1460. The van der Waals surface area contributed by atoms with E-state index in [-0.39, 0.29) is 56.1 Å². The number of fused-ring (bicyclic) bond motifs is 1. The first-order valence-electron chi connectivity index (χ1n) is 14.4. The van der Waals surface area contributed by atoms with Crippen LogP contribution in [-0.4, -0.2) is 78.7 Å². The molecule has 2 atom stereocenters. The lowest BCUT2D eigenvalue weighted by Crippen LogP contribution is -2.29. The van der Waals surface area contributed by atoms with Gasteiger partial charge in [0, 0.05) is 11.4 Å². The molecule has 0 saturated heterocycles. The van der Waals surface area contributed by atoms with E-state index in [0.717, 1.165) is 10.6 Å². The molecule has 2 aromatic heterocycles. The zero-order valence-corrected chi connectivity index (χ0v) is 29.2. The monoisotopic (exact) mass is 699 g/mol. The van der Waals surface area contributed by atoms with E-state index in [9.17, 15) is 14.2 Å². The Balaban J connectivity index is 1.75. The lowest BCUT2D eigenvalue weighted by atomic mass is 9.99. The van der Waals surface area contributed by atoms with Crippen molar-refractivity contribution in [2.24, 2.45) is 10.8 Å². The normalized spacial score (nSPS) is 14.7. The number of methoxy groups -OCH3 is 1. The number of anilines is 1. The molecule has 3 rings (SSSR count). The smallest absolute Gasteiger partial charge is 0.365 e. The summed E-state index contributed by atoms with van der Waals surface area (Å²) in [6.07, 6.45) is 0.889. The number of nitrogens with two attached hydrogens (primary N) is 1. The first-order chi connectivity index (χ1) is 22.1. The largest absolute Gasteiger partial charge is 0.497 e. The van der Waals surface area contributed by atoms with Gasteiger partial charge >= 0.3 is 20.5 Å². The van der Waals surface area contributed by atoms with Crippen LogP contribution < -0.4 is 10.5 Å². The minimum absolute atomic E-state index is 0.0306. The van der Waals surface area contributed by atoms with Gasteiger partial charge in [-0.2, -0.15) is 4.98 Å². The molecule has 0 aliphatic carbocycles. The zero-order chi connectivity index (χ0) is 34.7. The fourth-order valence-corrected chi connectivity index (χ4v) is 5.67. The van der Waals surface area contributed by atoms with Crippen LogP contribution in [0.15, 0.2) is 40.5 Å². The molecular formula is C29H42N5O11PS. The van der Waals surface area contributed by atoms with Gasteiger partial charge in [0.1, 0.15) is 22.6 Å². The molecule has 47 heavy (non-hydrogen) atoms. The van der Waals surface area contributed by atoms with Crippen LogP contribution in [0.3, 0.4) is 0 Å². The molecule has 0 aliphatic rings. The lowest BCUT2D eigenvalue weighted by molar-refractivity contribution is -0.263. The Labute approximate surface area is 277 Å². The van der Waals surface area contributed by atoms with Gasteiger partial charge in [-0.1, -0.05) is 53.3 Å². The summed E-state index contributed by atoms with van der Waals surface area (Å²) in [5.74, 6) is 0.773. The predicted molar refractivity (Wildman–Crippen MR) is 170 cm³/mol. The molecule has 2 N–H and O–H groups in total. The average molecular weight is 700 g/mol. The summed E-state index contributed by atoms with van der Waals surface area (Å²) in [4.78, 5) is 36.4. The standard InChI is InChI=1S/C29H42N5O11PS/c1-28(2,3)14-40-26(42-17-35)44-46(37,45-27(43-18-36)41-15-29(4,5)6)19-39-13-12-34-16-31-22-23(34)32-25(30)33-24(22)47-21-10-8-20(38-7)9-11-21/h8-11,16-18,26-27H,12-15,19H2,1-7H3,(H2,30,32,33). The van der Waals surface area contributed by atoms with Crippen molar-refractivity contribution in [2.75, 3.05) is 39.0 Å². The van der Waals surface area contributed by atoms with E-state index in [1.807, 2.05) is 65.8 Å². The van der Waals surface area contributed by atoms with Crippen LogP contribution in [0, 0.1) is 10.8 Å². The first-order valence-corrected chi connectivity index (χ1v) is 16.9. The molecule has 0 spiro atoms. The Morgan fingerprint density at radius 2 is 1.51 bits per heavy atom. The maximum absolute atomic E-state index is 13.9. The number of hydrogen-bond acceptors (Lipinski definition) is 16. The van der Waals surface area contributed by atoms with E-state index < -0.39 is 26.9 Å². The molecule has 0 radical (unpaired) electrons. The van der Waals surface area contributed by atoms with Gasteiger partial charge in [0.05, 0.1) is 33.3 Å². The summed E-state index contributed by atoms with van der Waals surface area (Å²) in [5, 5.41) is 0.552. The van der Waals surface area contributed by atoms with Crippen LogP contribution >= 0.6 is 19.4 Å². The molecular weight excluding hydrogens is 657 g/mol. The van der Waals surface area contributed by atoms with Crippen LogP contribution in [0.4, 0.5) is 5.95 Å². The third-order valence-corrected chi connectivity index (χ3v) is 8.05. The van der Waals surface area contributed by atoms with E-state index in [1.54, 1.807) is 18.0 Å². The highest BCUT2D eigenvalue weighted by Gasteiger charge is 2.36. The number of nitrogens with zero attached hydrogens (tertiary/aromatic N) is 4. The van der Waals surface area contributed by atoms with Crippen LogP contribution in [0.1, 0.15) is 41.5 Å². The van der Waals surface area contributed by atoms with Crippen LogP contribution in [0.5, 0.6) is 5.75 Å². The van der Waals surface area contributed by atoms with Crippen molar-refractivity contribution in [2.45, 2.75) is 71.0 Å². The van der Waals surface area contributed by atoms with Crippen molar-refractivity contribution in [1.29, 1.82) is 0 Å². The van der Waals surface area contributed by atoms with E-state index in [0.29, 0.717) is 16.2 Å². The van der Waals surface area contributed by atoms with Crippen molar-refractivity contribution in [3.8, 4) is 5.75 Å². The fourth-order valence-electron chi connectivity index (χ4n) is 3.53. The topological polar surface area (TPSA) is 195 Å². The number of aromatic nitrogens is 4. The molecule has 260 valence electrons. The number of ether oxygens (including phenoxy) is 6. The van der Waals surface area contributed by atoms with Crippen LogP contribution in [-0.2, 0) is 53.4 Å². The summed E-state index contributed by atoms with van der Waals surface area (Å²) >= 11 is 1.36. The number of imidazole rings is 1. The highest BCUT2D eigenvalue weighted by molar-refractivity contribution is 7.99. The molecule has 0 aliphatic heterocycles. The maximum Gasteiger partial charge on any atom is 0.365 e. The SMILES string of the molecule is COc1ccc(Sc2nc(N)nc3c2ncn3CCOCP(=O)(OC(OC=O)OCC(C)(C)C)OC(OC=O)OCC(C)(C)C)cc1. The van der Waals surface area contributed by atoms with Crippen molar-refractivity contribution in [1.82, 2.24) is 19.5 Å². The van der Waals surface area contributed by atoms with Crippen LogP contribution in [0.2, 0.25) is 0 Å². The second-order valence-electron chi connectivity index (χ2n) is 12.4. The minimum atomic E-state index is -4.39. The molecule has 2 heterocycles. The van der Waals surface area contributed by atoms with Gasteiger partial charge < -0.3 is 38.7 Å². The summed E-state index contributed by atoms with van der Waals surface area (Å²) in [7, 11) is -2.80. The first kappa shape index (κ1) is 38.1. The summed E-state index contributed by atoms with van der Waals surface area (Å²) in [6, 6.07) is 7.44. The van der Waals surface area contributed by atoms with Crippen molar-refractivity contribution in [3.05, 3.63) is 30.6 Å². The quantitative estimate of drug-likeness (QED) is 0.0554. The molecule has 2 unspecified atom stereocenters. The molecule has 0 bridgehead atoms. The second kappa shape index (κ2) is 17.2. The van der Waals surface area contributed by atoms with E-state index in [4.69, 9.17) is 43.2 Å². The zero-order valence-electron chi connectivity index (χ0n) is 27.4. The summed E-state index contributed by atoms with van der Waals surface area (Å²) < 4.78 is 58.2. The highest BCUT2D eigenvalue weighted by atomic mass is 32.2. The van der Waals surface area contributed by atoms with Gasteiger partial charge in [-0.15, -0.1) is 0 Å². The third-order valence-electron chi connectivity index (χ3n) is 5.58. The number of carbonyl (C=O) groups excluding carboxylic acids is 2. The van der Waals surface area contributed by atoms with Gasteiger partial charge in [-0.3, -0.25) is 14.2 Å².